The molecule has 2 heterocycles. The van der Waals surface area contributed by atoms with Gasteiger partial charge in [-0.15, -0.1) is 10.2 Å². The van der Waals surface area contributed by atoms with Gasteiger partial charge in [0, 0.05) is 19.3 Å². The SMILES string of the molecule is CCCn1c(CN)nnc1SCc1c(Cl)c(CC)nn1C. The van der Waals surface area contributed by atoms with Gasteiger partial charge in [0.25, 0.3) is 0 Å². The maximum Gasteiger partial charge on any atom is 0.191 e. The van der Waals surface area contributed by atoms with E-state index in [4.69, 9.17) is 17.3 Å². The van der Waals surface area contributed by atoms with Gasteiger partial charge in [-0.2, -0.15) is 5.10 Å². The second-order valence-electron chi connectivity index (χ2n) is 4.73. The Bertz CT molecular complexity index is 606. The number of rotatable bonds is 7. The number of nitrogens with zero attached hydrogens (tertiary/aromatic N) is 5. The molecule has 2 rings (SSSR count). The summed E-state index contributed by atoms with van der Waals surface area (Å²) in [6, 6.07) is 0. The van der Waals surface area contributed by atoms with Crippen molar-refractivity contribution in [1.82, 2.24) is 24.5 Å². The van der Waals surface area contributed by atoms with Crippen LogP contribution in [-0.4, -0.2) is 24.5 Å². The monoisotopic (exact) mass is 328 g/mol. The number of hydrogen-bond acceptors (Lipinski definition) is 5. The molecule has 0 saturated carbocycles. The molecule has 2 N–H and O–H groups in total. The molecule has 0 fully saturated rings. The van der Waals surface area contributed by atoms with Crippen LogP contribution in [0.1, 0.15) is 37.5 Å². The second kappa shape index (κ2) is 7.29. The molecular formula is C13H21ClN6S. The lowest BCUT2D eigenvalue weighted by Crippen LogP contribution is -2.09. The molecule has 8 heteroatoms. The molecule has 21 heavy (non-hydrogen) atoms. The summed E-state index contributed by atoms with van der Waals surface area (Å²) >= 11 is 7.99. The summed E-state index contributed by atoms with van der Waals surface area (Å²) in [7, 11) is 1.92. The summed E-state index contributed by atoms with van der Waals surface area (Å²) < 4.78 is 3.92. The molecular weight excluding hydrogens is 308 g/mol. The van der Waals surface area contributed by atoms with Crippen molar-refractivity contribution in [2.45, 2.75) is 50.7 Å². The topological polar surface area (TPSA) is 74.6 Å². The molecule has 0 radical (unpaired) electrons. The zero-order valence-electron chi connectivity index (χ0n) is 12.6. The first kappa shape index (κ1) is 16.3. The first-order valence-electron chi connectivity index (χ1n) is 7.07. The standard InChI is InChI=1S/C13H21ClN6S/c1-4-6-20-11(7-15)16-17-13(20)21-8-10-12(14)9(5-2)18-19(10)3/h4-8,15H2,1-3H3. The van der Waals surface area contributed by atoms with Crippen LogP contribution in [0.2, 0.25) is 5.02 Å². The van der Waals surface area contributed by atoms with Crippen molar-refractivity contribution in [3.8, 4) is 0 Å². The predicted octanol–water partition coefficient (Wildman–Crippen LogP) is 2.39. The Balaban J connectivity index is 2.17. The summed E-state index contributed by atoms with van der Waals surface area (Å²) in [5.74, 6) is 1.54. The Hall–Kier alpha value is -1.05. The highest BCUT2D eigenvalue weighted by atomic mass is 35.5. The highest BCUT2D eigenvalue weighted by molar-refractivity contribution is 7.98. The van der Waals surface area contributed by atoms with Gasteiger partial charge >= 0.3 is 0 Å². The molecule has 0 aromatic carbocycles. The van der Waals surface area contributed by atoms with Gasteiger partial charge < -0.3 is 10.3 Å². The average Bonchev–Trinajstić information content (AvgIpc) is 2.99. The van der Waals surface area contributed by atoms with Crippen LogP contribution in [0.15, 0.2) is 5.16 Å². The smallest absolute Gasteiger partial charge is 0.191 e. The van der Waals surface area contributed by atoms with Crippen molar-refractivity contribution in [2.75, 3.05) is 0 Å². The van der Waals surface area contributed by atoms with Crippen molar-refractivity contribution < 1.29 is 0 Å². The van der Waals surface area contributed by atoms with E-state index in [0.29, 0.717) is 6.54 Å². The number of hydrogen-bond donors (Lipinski definition) is 1. The van der Waals surface area contributed by atoms with Crippen LogP contribution in [-0.2, 0) is 32.3 Å². The average molecular weight is 329 g/mol. The van der Waals surface area contributed by atoms with Crippen LogP contribution < -0.4 is 5.73 Å². The van der Waals surface area contributed by atoms with E-state index >= 15 is 0 Å². The highest BCUT2D eigenvalue weighted by Gasteiger charge is 2.16. The molecule has 0 spiro atoms. The molecule has 0 bridgehead atoms. The van der Waals surface area contributed by atoms with Gasteiger partial charge in [-0.3, -0.25) is 4.68 Å². The molecule has 0 amide bonds. The van der Waals surface area contributed by atoms with E-state index in [9.17, 15) is 0 Å². The van der Waals surface area contributed by atoms with E-state index in [1.54, 1.807) is 11.8 Å². The number of nitrogens with two attached hydrogens (primary N) is 1. The van der Waals surface area contributed by atoms with Gasteiger partial charge in [0.1, 0.15) is 5.82 Å². The minimum atomic E-state index is 0.403. The van der Waals surface area contributed by atoms with E-state index in [0.717, 1.165) is 52.5 Å². The van der Waals surface area contributed by atoms with Crippen molar-refractivity contribution in [3.63, 3.8) is 0 Å². The van der Waals surface area contributed by atoms with E-state index in [2.05, 4.69) is 33.7 Å². The fraction of sp³-hybridized carbons (Fsp3) is 0.615. The quantitative estimate of drug-likeness (QED) is 0.790. The van der Waals surface area contributed by atoms with Gasteiger partial charge in [-0.1, -0.05) is 37.2 Å². The minimum Gasteiger partial charge on any atom is -0.324 e. The molecule has 0 saturated heterocycles. The van der Waals surface area contributed by atoms with E-state index < -0.39 is 0 Å². The third-order valence-corrected chi connectivity index (χ3v) is 4.68. The fourth-order valence-corrected chi connectivity index (χ4v) is 3.62. The number of aryl methyl sites for hydroxylation is 2. The van der Waals surface area contributed by atoms with Crippen LogP contribution in [0.5, 0.6) is 0 Å². The Labute approximate surface area is 134 Å². The van der Waals surface area contributed by atoms with Crippen LogP contribution >= 0.6 is 23.4 Å². The Kier molecular flexibility index (Phi) is 5.66. The van der Waals surface area contributed by atoms with Crippen LogP contribution in [0.4, 0.5) is 0 Å². The van der Waals surface area contributed by atoms with Gasteiger partial charge in [0.2, 0.25) is 0 Å². The first-order valence-corrected chi connectivity index (χ1v) is 8.43. The molecule has 0 aliphatic carbocycles. The second-order valence-corrected chi connectivity index (χ2v) is 6.05. The minimum absolute atomic E-state index is 0.403. The first-order chi connectivity index (χ1) is 10.1. The van der Waals surface area contributed by atoms with E-state index in [-0.39, 0.29) is 0 Å². The zero-order chi connectivity index (χ0) is 15.4. The summed E-state index contributed by atoms with van der Waals surface area (Å²) in [6.07, 6.45) is 1.85. The number of aromatic nitrogens is 5. The molecule has 116 valence electrons. The molecule has 6 nitrogen and oxygen atoms in total. The molecule has 0 atom stereocenters. The fourth-order valence-electron chi connectivity index (χ4n) is 2.13. The normalized spacial score (nSPS) is 11.3. The van der Waals surface area contributed by atoms with E-state index in [1.807, 2.05) is 11.7 Å². The Morgan fingerprint density at radius 2 is 2.05 bits per heavy atom. The van der Waals surface area contributed by atoms with Gasteiger partial charge in [-0.25, -0.2) is 0 Å². The Morgan fingerprint density at radius 3 is 2.62 bits per heavy atom. The predicted molar refractivity (Wildman–Crippen MR) is 85.4 cm³/mol. The molecule has 2 aromatic heterocycles. The molecule has 2 aromatic rings. The van der Waals surface area contributed by atoms with Gasteiger partial charge in [0.05, 0.1) is 23.0 Å². The van der Waals surface area contributed by atoms with Crippen LogP contribution in [0.25, 0.3) is 0 Å². The van der Waals surface area contributed by atoms with Crippen molar-refractivity contribution in [1.29, 1.82) is 0 Å². The van der Waals surface area contributed by atoms with Crippen LogP contribution in [0, 0.1) is 0 Å². The lowest BCUT2D eigenvalue weighted by Gasteiger charge is -2.07. The number of thioether (sulfide) groups is 1. The largest absolute Gasteiger partial charge is 0.324 e. The lowest BCUT2D eigenvalue weighted by molar-refractivity contribution is 0.592. The van der Waals surface area contributed by atoms with E-state index in [1.165, 1.54) is 0 Å². The highest BCUT2D eigenvalue weighted by Crippen LogP contribution is 2.28. The van der Waals surface area contributed by atoms with Gasteiger partial charge in [0.15, 0.2) is 5.16 Å². The Morgan fingerprint density at radius 1 is 1.29 bits per heavy atom. The van der Waals surface area contributed by atoms with Crippen molar-refractivity contribution >= 4 is 23.4 Å². The molecule has 0 unspecified atom stereocenters. The lowest BCUT2D eigenvalue weighted by atomic mass is 10.3. The third-order valence-electron chi connectivity index (χ3n) is 3.26. The molecule has 0 aliphatic rings. The number of halogens is 1. The molecule has 0 aliphatic heterocycles. The summed E-state index contributed by atoms with van der Waals surface area (Å²) in [4.78, 5) is 0. The maximum absolute atomic E-state index is 6.37. The zero-order valence-corrected chi connectivity index (χ0v) is 14.2. The third kappa shape index (κ3) is 3.41. The van der Waals surface area contributed by atoms with Crippen molar-refractivity contribution in [2.24, 2.45) is 12.8 Å². The summed E-state index contributed by atoms with van der Waals surface area (Å²) in [5, 5.41) is 14.4. The summed E-state index contributed by atoms with van der Waals surface area (Å²) in [6.45, 7) is 5.46. The van der Waals surface area contributed by atoms with Crippen LogP contribution in [0.3, 0.4) is 0 Å². The van der Waals surface area contributed by atoms with Gasteiger partial charge in [-0.05, 0) is 12.8 Å². The van der Waals surface area contributed by atoms with Crippen molar-refractivity contribution in [3.05, 3.63) is 22.2 Å². The summed E-state index contributed by atoms with van der Waals surface area (Å²) in [5.41, 5.74) is 7.65. The maximum atomic E-state index is 6.37.